The van der Waals surface area contributed by atoms with E-state index in [1.807, 2.05) is 0 Å². The largest absolute Gasteiger partial charge is 0.478 e. The highest BCUT2D eigenvalue weighted by Crippen LogP contribution is 2.38. The van der Waals surface area contributed by atoms with Gasteiger partial charge >= 0.3 is 5.97 Å². The molecule has 0 spiro atoms. The van der Waals surface area contributed by atoms with Gasteiger partial charge in [0.2, 0.25) is 0 Å². The molecule has 0 aliphatic rings. The summed E-state index contributed by atoms with van der Waals surface area (Å²) in [5, 5.41) is 12.0. The van der Waals surface area contributed by atoms with Crippen LogP contribution in [0.2, 0.25) is 15.1 Å². The van der Waals surface area contributed by atoms with Crippen molar-refractivity contribution in [3.8, 4) is 0 Å². The van der Waals surface area contributed by atoms with E-state index >= 15 is 0 Å². The van der Waals surface area contributed by atoms with Gasteiger partial charge in [-0.1, -0.05) is 34.8 Å². The molecule has 0 aliphatic heterocycles. The molecule has 0 radical (unpaired) electrons. The number of hydrogen-bond donors (Lipinski definition) is 3. The van der Waals surface area contributed by atoms with Crippen molar-refractivity contribution in [2.24, 2.45) is 0 Å². The van der Waals surface area contributed by atoms with Crippen LogP contribution < -0.4 is 11.1 Å². The Kier molecular flexibility index (Phi) is 4.46. The van der Waals surface area contributed by atoms with Crippen LogP contribution in [0, 0.1) is 5.82 Å². The third-order valence-corrected chi connectivity index (χ3v) is 3.49. The van der Waals surface area contributed by atoms with Crippen molar-refractivity contribution in [3.63, 3.8) is 0 Å². The van der Waals surface area contributed by atoms with Crippen LogP contribution in [-0.2, 0) is 0 Å². The number of halogens is 4. The monoisotopic (exact) mass is 348 g/mol. The molecule has 0 bridgehead atoms. The standard InChI is InChI=1S/C13H8Cl3FN2O2/c14-8-1-5(17)2-9(15)12(8)19-11-7(13(20)21)3-6(18)4-10(11)16/h1-4,19H,18H2,(H,20,21). The summed E-state index contributed by atoms with van der Waals surface area (Å²) in [6, 6.07) is 4.70. The van der Waals surface area contributed by atoms with Crippen LogP contribution >= 0.6 is 34.8 Å². The number of nitrogen functional groups attached to an aromatic ring is 1. The Morgan fingerprint density at radius 3 is 2.10 bits per heavy atom. The van der Waals surface area contributed by atoms with Crippen molar-refractivity contribution in [1.29, 1.82) is 0 Å². The summed E-state index contributed by atoms with van der Waals surface area (Å²) in [4.78, 5) is 11.3. The van der Waals surface area contributed by atoms with Crippen LogP contribution in [0.1, 0.15) is 10.4 Å². The fraction of sp³-hybridized carbons (Fsp3) is 0. The molecule has 2 rings (SSSR count). The Morgan fingerprint density at radius 2 is 1.57 bits per heavy atom. The smallest absolute Gasteiger partial charge is 0.337 e. The van der Waals surface area contributed by atoms with E-state index in [4.69, 9.17) is 40.5 Å². The maximum atomic E-state index is 13.2. The van der Waals surface area contributed by atoms with Gasteiger partial charge in [0, 0.05) is 5.69 Å². The molecule has 4 nitrogen and oxygen atoms in total. The SMILES string of the molecule is Nc1cc(Cl)c(Nc2c(Cl)cc(F)cc2Cl)c(C(=O)O)c1. The van der Waals surface area contributed by atoms with E-state index in [0.29, 0.717) is 0 Å². The van der Waals surface area contributed by atoms with E-state index in [1.165, 1.54) is 12.1 Å². The van der Waals surface area contributed by atoms with Gasteiger partial charge in [0.1, 0.15) is 5.82 Å². The van der Waals surface area contributed by atoms with Gasteiger partial charge in [0.25, 0.3) is 0 Å². The Morgan fingerprint density at radius 1 is 1.05 bits per heavy atom. The molecular weight excluding hydrogens is 342 g/mol. The van der Waals surface area contributed by atoms with E-state index < -0.39 is 11.8 Å². The summed E-state index contributed by atoms with van der Waals surface area (Å²) < 4.78 is 13.2. The number of benzene rings is 2. The fourth-order valence-corrected chi connectivity index (χ4v) is 2.54. The van der Waals surface area contributed by atoms with Crippen LogP contribution in [0.4, 0.5) is 21.5 Å². The zero-order valence-electron chi connectivity index (χ0n) is 10.3. The highest BCUT2D eigenvalue weighted by molar-refractivity contribution is 6.40. The minimum atomic E-state index is -1.24. The third-order valence-electron chi connectivity index (χ3n) is 2.60. The predicted molar refractivity (Wildman–Crippen MR) is 82.5 cm³/mol. The Hall–Kier alpha value is -1.69. The molecule has 0 aromatic heterocycles. The van der Waals surface area contributed by atoms with E-state index in [9.17, 15) is 14.3 Å². The van der Waals surface area contributed by atoms with Gasteiger partial charge in [-0.15, -0.1) is 0 Å². The second-order valence-corrected chi connectivity index (χ2v) is 5.32. The van der Waals surface area contributed by atoms with Gasteiger partial charge in [-0.2, -0.15) is 0 Å². The van der Waals surface area contributed by atoms with Crippen molar-refractivity contribution >= 4 is 57.8 Å². The Balaban J connectivity index is 2.57. The molecule has 110 valence electrons. The van der Waals surface area contributed by atoms with Crippen molar-refractivity contribution in [2.45, 2.75) is 0 Å². The Labute approximate surface area is 134 Å². The molecular formula is C13H8Cl3FN2O2. The molecule has 0 fully saturated rings. The lowest BCUT2D eigenvalue weighted by molar-refractivity contribution is 0.0698. The number of nitrogens with two attached hydrogens (primary N) is 1. The first kappa shape index (κ1) is 15.7. The van der Waals surface area contributed by atoms with Crippen molar-refractivity contribution in [2.75, 3.05) is 11.1 Å². The number of carbonyl (C=O) groups is 1. The van der Waals surface area contributed by atoms with Crippen LogP contribution in [0.15, 0.2) is 24.3 Å². The fourth-order valence-electron chi connectivity index (χ4n) is 1.71. The molecule has 0 saturated carbocycles. The zero-order valence-corrected chi connectivity index (χ0v) is 12.5. The second kappa shape index (κ2) is 5.97. The molecule has 8 heteroatoms. The molecule has 2 aromatic rings. The summed E-state index contributed by atoms with van der Waals surface area (Å²) in [6.45, 7) is 0. The number of carboxylic acids is 1. The lowest BCUT2D eigenvalue weighted by Crippen LogP contribution is -2.05. The number of nitrogens with one attached hydrogen (secondary N) is 1. The van der Waals surface area contributed by atoms with Crippen LogP contribution in [-0.4, -0.2) is 11.1 Å². The molecule has 0 aliphatic carbocycles. The second-order valence-electron chi connectivity index (χ2n) is 4.10. The molecule has 0 atom stereocenters. The molecule has 4 N–H and O–H groups in total. The number of rotatable bonds is 3. The van der Waals surface area contributed by atoms with Crippen molar-refractivity contribution < 1.29 is 14.3 Å². The van der Waals surface area contributed by atoms with Gasteiger partial charge in [0.05, 0.1) is 32.0 Å². The van der Waals surface area contributed by atoms with Gasteiger partial charge in [-0.25, -0.2) is 9.18 Å². The van der Waals surface area contributed by atoms with Gasteiger partial charge in [-0.05, 0) is 24.3 Å². The number of aromatic carboxylic acids is 1. The van der Waals surface area contributed by atoms with E-state index in [2.05, 4.69) is 5.32 Å². The summed E-state index contributed by atoms with van der Waals surface area (Å²) in [6.07, 6.45) is 0. The molecule has 0 unspecified atom stereocenters. The summed E-state index contributed by atoms with van der Waals surface area (Å²) in [5.74, 6) is -1.85. The minimum absolute atomic E-state index is 0.00997. The Bertz CT molecular complexity index is 715. The van der Waals surface area contributed by atoms with Crippen LogP contribution in [0.5, 0.6) is 0 Å². The molecule has 2 aromatic carbocycles. The molecule has 0 heterocycles. The first-order chi connectivity index (χ1) is 9.79. The van der Waals surface area contributed by atoms with E-state index in [1.54, 1.807) is 0 Å². The highest BCUT2D eigenvalue weighted by atomic mass is 35.5. The topological polar surface area (TPSA) is 75.3 Å². The number of carboxylic acid groups (broad SMARTS) is 1. The average Bonchev–Trinajstić information content (AvgIpc) is 2.34. The van der Waals surface area contributed by atoms with Gasteiger partial charge in [0.15, 0.2) is 0 Å². The first-order valence-corrected chi connectivity index (χ1v) is 6.67. The minimum Gasteiger partial charge on any atom is -0.478 e. The van der Waals surface area contributed by atoms with E-state index in [0.717, 1.165) is 12.1 Å². The summed E-state index contributed by atoms with van der Waals surface area (Å²) in [7, 11) is 0. The quantitative estimate of drug-likeness (QED) is 0.695. The highest BCUT2D eigenvalue weighted by Gasteiger charge is 2.18. The lowest BCUT2D eigenvalue weighted by atomic mass is 10.1. The number of anilines is 3. The lowest BCUT2D eigenvalue weighted by Gasteiger charge is -2.15. The van der Waals surface area contributed by atoms with Gasteiger partial charge < -0.3 is 16.2 Å². The third kappa shape index (κ3) is 3.32. The molecule has 0 saturated heterocycles. The van der Waals surface area contributed by atoms with E-state index in [-0.39, 0.29) is 37.7 Å². The van der Waals surface area contributed by atoms with Crippen molar-refractivity contribution in [3.05, 3.63) is 50.7 Å². The summed E-state index contributed by atoms with van der Waals surface area (Å²) in [5.41, 5.74) is 5.81. The normalized spacial score (nSPS) is 10.5. The molecule has 0 amide bonds. The molecule has 21 heavy (non-hydrogen) atoms. The maximum Gasteiger partial charge on any atom is 0.337 e. The number of hydrogen-bond acceptors (Lipinski definition) is 3. The first-order valence-electron chi connectivity index (χ1n) is 5.53. The van der Waals surface area contributed by atoms with Crippen LogP contribution in [0.3, 0.4) is 0 Å². The maximum absolute atomic E-state index is 13.2. The van der Waals surface area contributed by atoms with Crippen molar-refractivity contribution in [1.82, 2.24) is 0 Å². The van der Waals surface area contributed by atoms with Gasteiger partial charge in [-0.3, -0.25) is 0 Å². The average molecular weight is 350 g/mol. The predicted octanol–water partition coefficient (Wildman–Crippen LogP) is 4.81. The zero-order chi connectivity index (χ0) is 15.7. The summed E-state index contributed by atoms with van der Waals surface area (Å²) >= 11 is 17.8. The van der Waals surface area contributed by atoms with Crippen LogP contribution in [0.25, 0.3) is 0 Å².